The third-order valence-electron chi connectivity index (χ3n) is 5.38. The van der Waals surface area contributed by atoms with Gasteiger partial charge in [-0.3, -0.25) is 14.8 Å². The molecule has 0 radical (unpaired) electrons. The Morgan fingerprint density at radius 3 is 2.73 bits per heavy atom. The number of nitrogens with one attached hydrogen (secondary N) is 1. The van der Waals surface area contributed by atoms with E-state index in [4.69, 9.17) is 5.73 Å². The lowest BCUT2D eigenvalue weighted by atomic mass is 10.1. The maximum absolute atomic E-state index is 13.1. The van der Waals surface area contributed by atoms with Crippen molar-refractivity contribution in [3.63, 3.8) is 0 Å². The van der Waals surface area contributed by atoms with Crippen molar-refractivity contribution in [3.05, 3.63) is 60.2 Å². The van der Waals surface area contributed by atoms with Crippen LogP contribution in [-0.4, -0.2) is 33.9 Å². The fraction of sp³-hybridized carbons (Fsp3) is 0.304. The Morgan fingerprint density at radius 1 is 1.10 bits per heavy atom. The molecule has 7 nitrogen and oxygen atoms in total. The standard InChI is InChI=1S/C23H26N6O/c1-2-16-8-11-26-19(14-16)18-7-6-17(24)22(27-18)23(30)28-20-15-25-10-9-21(20)29-12-4-3-5-13-29/h6-11,14-15H,2-5,12-13,24H2,1H3,(H,28,30). The molecule has 1 aliphatic heterocycles. The Bertz CT molecular complexity index is 1050. The van der Waals surface area contributed by atoms with Crippen molar-refractivity contribution >= 4 is 23.0 Å². The molecule has 3 N–H and O–H groups in total. The Kier molecular flexibility index (Phi) is 5.88. The summed E-state index contributed by atoms with van der Waals surface area (Å²) in [5.41, 5.74) is 10.7. The van der Waals surface area contributed by atoms with Crippen LogP contribution < -0.4 is 16.0 Å². The smallest absolute Gasteiger partial charge is 0.276 e. The zero-order valence-corrected chi connectivity index (χ0v) is 17.1. The Morgan fingerprint density at radius 2 is 1.93 bits per heavy atom. The normalized spacial score (nSPS) is 13.8. The molecule has 0 unspecified atom stereocenters. The van der Waals surface area contributed by atoms with Gasteiger partial charge in [0.15, 0.2) is 5.69 Å². The van der Waals surface area contributed by atoms with Crippen LogP contribution in [0.3, 0.4) is 0 Å². The number of hydrogen-bond acceptors (Lipinski definition) is 6. The van der Waals surface area contributed by atoms with E-state index in [1.165, 1.54) is 6.42 Å². The molecule has 0 aromatic carbocycles. The van der Waals surface area contributed by atoms with E-state index in [9.17, 15) is 4.79 Å². The minimum Gasteiger partial charge on any atom is -0.397 e. The predicted octanol–water partition coefficient (Wildman–Crippen LogP) is 3.93. The van der Waals surface area contributed by atoms with E-state index in [0.29, 0.717) is 17.1 Å². The second kappa shape index (κ2) is 8.90. The zero-order valence-electron chi connectivity index (χ0n) is 17.1. The number of aryl methyl sites for hydroxylation is 1. The summed E-state index contributed by atoms with van der Waals surface area (Å²) in [5.74, 6) is -0.354. The number of aromatic nitrogens is 3. The molecule has 0 bridgehead atoms. The van der Waals surface area contributed by atoms with Crippen LogP contribution in [0.4, 0.5) is 17.1 Å². The first-order chi connectivity index (χ1) is 14.7. The first-order valence-corrected chi connectivity index (χ1v) is 10.4. The quantitative estimate of drug-likeness (QED) is 0.671. The number of carbonyl (C=O) groups is 1. The molecule has 1 aliphatic rings. The van der Waals surface area contributed by atoms with Crippen molar-refractivity contribution in [2.75, 3.05) is 29.0 Å². The average Bonchev–Trinajstić information content (AvgIpc) is 2.80. The molecule has 3 aromatic heterocycles. The van der Waals surface area contributed by atoms with Crippen LogP contribution in [0.5, 0.6) is 0 Å². The van der Waals surface area contributed by atoms with Gasteiger partial charge >= 0.3 is 0 Å². The molecule has 4 rings (SSSR count). The minimum absolute atomic E-state index is 0.185. The molecule has 30 heavy (non-hydrogen) atoms. The fourth-order valence-electron chi connectivity index (χ4n) is 3.70. The van der Waals surface area contributed by atoms with Crippen molar-refractivity contribution in [2.45, 2.75) is 32.6 Å². The molecular weight excluding hydrogens is 376 g/mol. The van der Waals surface area contributed by atoms with Crippen LogP contribution in [0.1, 0.15) is 42.2 Å². The van der Waals surface area contributed by atoms with Crippen molar-refractivity contribution in [2.24, 2.45) is 0 Å². The van der Waals surface area contributed by atoms with Crippen LogP contribution in [0.25, 0.3) is 11.4 Å². The van der Waals surface area contributed by atoms with Gasteiger partial charge in [-0.1, -0.05) is 6.92 Å². The van der Waals surface area contributed by atoms with Crippen molar-refractivity contribution in [3.8, 4) is 11.4 Å². The number of piperidine rings is 1. The van der Waals surface area contributed by atoms with E-state index < -0.39 is 0 Å². The van der Waals surface area contributed by atoms with Gasteiger partial charge in [-0.2, -0.15) is 0 Å². The SMILES string of the molecule is CCc1ccnc(-c2ccc(N)c(C(=O)Nc3cnccc3N3CCCCC3)n2)c1. The second-order valence-corrected chi connectivity index (χ2v) is 7.43. The van der Waals surface area contributed by atoms with E-state index >= 15 is 0 Å². The molecular formula is C23H26N6O. The second-order valence-electron chi connectivity index (χ2n) is 7.43. The van der Waals surface area contributed by atoms with Gasteiger partial charge in [-0.15, -0.1) is 0 Å². The minimum atomic E-state index is -0.354. The average molecular weight is 403 g/mol. The molecule has 1 saturated heterocycles. The van der Waals surface area contributed by atoms with E-state index in [-0.39, 0.29) is 11.6 Å². The molecule has 3 aromatic rings. The summed E-state index contributed by atoms with van der Waals surface area (Å²) in [7, 11) is 0. The Hall–Kier alpha value is -3.48. The molecule has 4 heterocycles. The number of nitrogen functional groups attached to an aromatic ring is 1. The highest BCUT2D eigenvalue weighted by Crippen LogP contribution is 2.28. The summed E-state index contributed by atoms with van der Waals surface area (Å²) in [6, 6.07) is 9.38. The van der Waals surface area contributed by atoms with Crippen molar-refractivity contribution < 1.29 is 4.79 Å². The summed E-state index contributed by atoms with van der Waals surface area (Å²) in [5, 5.41) is 2.96. The molecule has 0 spiro atoms. The maximum atomic E-state index is 13.1. The van der Waals surface area contributed by atoms with Crippen molar-refractivity contribution in [1.82, 2.24) is 15.0 Å². The molecule has 154 valence electrons. The predicted molar refractivity (Wildman–Crippen MR) is 120 cm³/mol. The lowest BCUT2D eigenvalue weighted by molar-refractivity contribution is 0.102. The largest absolute Gasteiger partial charge is 0.397 e. The maximum Gasteiger partial charge on any atom is 0.276 e. The lowest BCUT2D eigenvalue weighted by Crippen LogP contribution is -2.30. The highest BCUT2D eigenvalue weighted by atomic mass is 16.1. The summed E-state index contributed by atoms with van der Waals surface area (Å²) in [6.07, 6.45) is 9.62. The highest BCUT2D eigenvalue weighted by molar-refractivity contribution is 6.07. The van der Waals surface area contributed by atoms with Crippen LogP contribution in [0, 0.1) is 0 Å². The molecule has 1 fully saturated rings. The number of hydrogen-bond donors (Lipinski definition) is 2. The van der Waals surface area contributed by atoms with Crippen LogP contribution in [-0.2, 0) is 6.42 Å². The number of amides is 1. The van der Waals surface area contributed by atoms with Gasteiger partial charge in [0.1, 0.15) is 0 Å². The fourth-order valence-corrected chi connectivity index (χ4v) is 3.70. The van der Waals surface area contributed by atoms with E-state index in [1.54, 1.807) is 30.7 Å². The van der Waals surface area contributed by atoms with E-state index in [1.807, 2.05) is 18.2 Å². The van der Waals surface area contributed by atoms with Gasteiger partial charge < -0.3 is 16.0 Å². The zero-order chi connectivity index (χ0) is 20.9. The van der Waals surface area contributed by atoms with Gasteiger partial charge in [0.25, 0.3) is 5.91 Å². The van der Waals surface area contributed by atoms with Gasteiger partial charge in [-0.25, -0.2) is 4.98 Å². The van der Waals surface area contributed by atoms with Crippen LogP contribution in [0.15, 0.2) is 48.9 Å². The van der Waals surface area contributed by atoms with Gasteiger partial charge in [0.05, 0.1) is 34.6 Å². The number of carbonyl (C=O) groups excluding carboxylic acids is 1. The molecule has 7 heteroatoms. The number of nitrogens with two attached hydrogens (primary N) is 1. The number of anilines is 3. The number of rotatable bonds is 5. The molecule has 0 saturated carbocycles. The first kappa shape index (κ1) is 19.8. The van der Waals surface area contributed by atoms with Gasteiger partial charge in [0.2, 0.25) is 0 Å². The van der Waals surface area contributed by atoms with Crippen molar-refractivity contribution in [1.29, 1.82) is 0 Å². The van der Waals surface area contributed by atoms with Gasteiger partial charge in [-0.05, 0) is 61.6 Å². The first-order valence-electron chi connectivity index (χ1n) is 10.4. The summed E-state index contributed by atoms with van der Waals surface area (Å²) in [6.45, 7) is 4.03. The summed E-state index contributed by atoms with van der Waals surface area (Å²) in [4.78, 5) is 28.5. The monoisotopic (exact) mass is 402 g/mol. The summed E-state index contributed by atoms with van der Waals surface area (Å²) < 4.78 is 0. The number of nitrogens with zero attached hydrogens (tertiary/aromatic N) is 4. The molecule has 0 aliphatic carbocycles. The highest BCUT2D eigenvalue weighted by Gasteiger charge is 2.19. The topological polar surface area (TPSA) is 97.0 Å². The van der Waals surface area contributed by atoms with Crippen LogP contribution >= 0.6 is 0 Å². The number of pyridine rings is 3. The molecule has 1 amide bonds. The van der Waals surface area contributed by atoms with E-state index in [0.717, 1.165) is 49.3 Å². The Balaban J connectivity index is 1.61. The third kappa shape index (κ3) is 4.25. The third-order valence-corrected chi connectivity index (χ3v) is 5.38. The summed E-state index contributed by atoms with van der Waals surface area (Å²) >= 11 is 0. The van der Waals surface area contributed by atoms with E-state index in [2.05, 4.69) is 32.1 Å². The Labute approximate surface area is 176 Å². The molecule has 0 atom stereocenters. The lowest BCUT2D eigenvalue weighted by Gasteiger charge is -2.30. The van der Waals surface area contributed by atoms with Crippen LogP contribution in [0.2, 0.25) is 0 Å². The van der Waals surface area contributed by atoms with Gasteiger partial charge in [0, 0.05) is 25.5 Å².